The van der Waals surface area contributed by atoms with Crippen LogP contribution in [0.5, 0.6) is 0 Å². The minimum atomic E-state index is -0.822. The van der Waals surface area contributed by atoms with Crippen LogP contribution < -0.4 is 5.32 Å². The second-order valence-electron chi connectivity index (χ2n) is 4.84. The Labute approximate surface area is 123 Å². The van der Waals surface area contributed by atoms with Gasteiger partial charge in [0, 0.05) is 12.1 Å². The molecule has 0 bridgehead atoms. The number of imide groups is 1. The Balaban J connectivity index is 2.22. The van der Waals surface area contributed by atoms with Crippen LogP contribution in [0, 0.1) is 11.6 Å². The average Bonchev–Trinajstić information content (AvgIpc) is 2.61. The van der Waals surface area contributed by atoms with Crippen LogP contribution in [0.15, 0.2) is 16.6 Å². The number of hydrogen-bond donors (Lipinski definition) is 1. The highest BCUT2D eigenvalue weighted by molar-refractivity contribution is 9.10. The molecule has 0 spiro atoms. The molecule has 1 heterocycles. The minimum absolute atomic E-state index is 0.0185. The summed E-state index contributed by atoms with van der Waals surface area (Å²) in [4.78, 5) is 24.9. The molecule has 0 radical (unpaired) electrons. The van der Waals surface area contributed by atoms with E-state index >= 15 is 0 Å². The Morgan fingerprint density at radius 1 is 1.30 bits per heavy atom. The molecule has 1 unspecified atom stereocenters. The second-order valence-corrected chi connectivity index (χ2v) is 5.70. The van der Waals surface area contributed by atoms with E-state index in [1.807, 2.05) is 0 Å². The third-order valence-corrected chi connectivity index (χ3v) is 3.65. The first kappa shape index (κ1) is 14.9. The summed E-state index contributed by atoms with van der Waals surface area (Å²) >= 11 is 2.95. The number of amides is 2. The molecule has 1 aliphatic heterocycles. The summed E-state index contributed by atoms with van der Waals surface area (Å²) in [5.41, 5.74) is -0.0185. The summed E-state index contributed by atoms with van der Waals surface area (Å²) in [6.45, 7) is 3.46. The first-order valence-corrected chi connectivity index (χ1v) is 6.87. The number of nitrogens with zero attached hydrogens (tertiary/aromatic N) is 1. The van der Waals surface area contributed by atoms with Crippen LogP contribution in [0.1, 0.15) is 20.3 Å². The number of likely N-dealkylation sites (tertiary alicyclic amines) is 1. The first-order valence-electron chi connectivity index (χ1n) is 6.08. The molecular formula is C13H13BrF2N2O2. The van der Waals surface area contributed by atoms with Crippen molar-refractivity contribution in [2.24, 2.45) is 0 Å². The van der Waals surface area contributed by atoms with Gasteiger partial charge in [0.15, 0.2) is 0 Å². The highest BCUT2D eigenvalue weighted by Crippen LogP contribution is 2.26. The fraction of sp³-hybridized carbons (Fsp3) is 0.385. The van der Waals surface area contributed by atoms with Crippen molar-refractivity contribution >= 4 is 33.4 Å². The van der Waals surface area contributed by atoms with Gasteiger partial charge >= 0.3 is 0 Å². The number of nitrogens with one attached hydrogen (secondary N) is 1. The summed E-state index contributed by atoms with van der Waals surface area (Å²) in [6.07, 6.45) is -0.0363. The Bertz CT molecular complexity index is 578. The van der Waals surface area contributed by atoms with Gasteiger partial charge in [-0.2, -0.15) is 0 Å². The number of halogens is 3. The molecule has 0 aliphatic carbocycles. The van der Waals surface area contributed by atoms with Gasteiger partial charge in [0.1, 0.15) is 17.7 Å². The minimum Gasteiger partial charge on any atom is -0.371 e. The van der Waals surface area contributed by atoms with Crippen molar-refractivity contribution < 1.29 is 18.4 Å². The molecule has 20 heavy (non-hydrogen) atoms. The van der Waals surface area contributed by atoms with Crippen LogP contribution in [0.3, 0.4) is 0 Å². The zero-order valence-corrected chi connectivity index (χ0v) is 12.5. The third-order valence-electron chi connectivity index (χ3n) is 3.04. The maximum atomic E-state index is 13.6. The number of carbonyl (C=O) groups is 2. The zero-order valence-electron chi connectivity index (χ0n) is 10.9. The van der Waals surface area contributed by atoms with Gasteiger partial charge in [0.2, 0.25) is 5.91 Å². The van der Waals surface area contributed by atoms with Crippen LogP contribution in [-0.4, -0.2) is 28.8 Å². The van der Waals surface area contributed by atoms with Gasteiger partial charge in [-0.15, -0.1) is 0 Å². The van der Waals surface area contributed by atoms with Crippen molar-refractivity contribution in [2.45, 2.75) is 32.4 Å². The summed E-state index contributed by atoms with van der Waals surface area (Å²) in [6, 6.07) is 0.859. The van der Waals surface area contributed by atoms with Crippen LogP contribution in [0.25, 0.3) is 0 Å². The topological polar surface area (TPSA) is 49.4 Å². The smallest absolute Gasteiger partial charge is 0.252 e. The van der Waals surface area contributed by atoms with Crippen LogP contribution >= 0.6 is 15.9 Å². The van der Waals surface area contributed by atoms with Gasteiger partial charge in [-0.3, -0.25) is 14.5 Å². The number of rotatable bonds is 3. The molecule has 108 valence electrons. The quantitative estimate of drug-likeness (QED) is 0.676. The maximum absolute atomic E-state index is 13.6. The van der Waals surface area contributed by atoms with Gasteiger partial charge in [-0.05, 0) is 35.8 Å². The molecule has 1 N–H and O–H groups in total. The first-order chi connectivity index (χ1) is 9.31. The standard InChI is InChI=1S/C13H13BrF2N2O2/c1-6(2)18-12(19)5-11(13(18)20)17-10-3-7(14)8(15)4-9(10)16/h3-4,6,11,17H,5H2,1-2H3. The predicted octanol–water partition coefficient (Wildman–Crippen LogP) is 2.68. The molecule has 2 rings (SSSR count). The molecule has 1 aliphatic rings. The van der Waals surface area contributed by atoms with Gasteiger partial charge in [-0.25, -0.2) is 8.78 Å². The van der Waals surface area contributed by atoms with E-state index in [1.54, 1.807) is 13.8 Å². The highest BCUT2D eigenvalue weighted by Gasteiger charge is 2.40. The van der Waals surface area contributed by atoms with Crippen LogP contribution in [0.2, 0.25) is 0 Å². The van der Waals surface area contributed by atoms with Crippen molar-refractivity contribution in [1.29, 1.82) is 0 Å². The summed E-state index contributed by atoms with van der Waals surface area (Å²) in [5, 5.41) is 2.66. The largest absolute Gasteiger partial charge is 0.371 e. The summed E-state index contributed by atoms with van der Waals surface area (Å²) < 4.78 is 26.8. The van der Waals surface area contributed by atoms with Gasteiger partial charge in [0.05, 0.1) is 16.6 Å². The molecule has 1 atom stereocenters. The average molecular weight is 347 g/mol. The molecule has 1 aromatic carbocycles. The molecule has 1 fully saturated rings. The van der Waals surface area contributed by atoms with Crippen LogP contribution in [-0.2, 0) is 9.59 Å². The Kier molecular flexibility index (Phi) is 4.08. The number of carbonyl (C=O) groups excluding carboxylic acids is 2. The molecule has 1 saturated heterocycles. The van der Waals surface area contributed by atoms with E-state index in [0.29, 0.717) is 6.07 Å². The molecular weight excluding hydrogens is 334 g/mol. The fourth-order valence-electron chi connectivity index (χ4n) is 2.13. The van der Waals surface area contributed by atoms with Gasteiger partial charge in [0.25, 0.3) is 5.91 Å². The third kappa shape index (κ3) is 2.67. The Hall–Kier alpha value is -1.50. The normalized spacial score (nSPS) is 19.1. The van der Waals surface area contributed by atoms with E-state index in [2.05, 4.69) is 21.2 Å². The molecule has 0 saturated carbocycles. The van der Waals surface area contributed by atoms with E-state index in [-0.39, 0.29) is 28.5 Å². The van der Waals surface area contributed by atoms with E-state index in [0.717, 1.165) is 4.90 Å². The highest BCUT2D eigenvalue weighted by atomic mass is 79.9. The lowest BCUT2D eigenvalue weighted by molar-refractivity contribution is -0.140. The van der Waals surface area contributed by atoms with E-state index < -0.39 is 23.6 Å². The fourth-order valence-corrected chi connectivity index (χ4v) is 2.47. The summed E-state index contributed by atoms with van der Waals surface area (Å²) in [7, 11) is 0. The van der Waals surface area contributed by atoms with Crippen LogP contribution in [0.4, 0.5) is 14.5 Å². The molecule has 7 heteroatoms. The van der Waals surface area contributed by atoms with Gasteiger partial charge < -0.3 is 5.32 Å². The van der Waals surface area contributed by atoms with E-state index in [4.69, 9.17) is 0 Å². The monoisotopic (exact) mass is 346 g/mol. The number of hydrogen-bond acceptors (Lipinski definition) is 3. The lowest BCUT2D eigenvalue weighted by Gasteiger charge is -2.19. The second kappa shape index (κ2) is 5.47. The van der Waals surface area contributed by atoms with Gasteiger partial charge in [-0.1, -0.05) is 0 Å². The lowest BCUT2D eigenvalue weighted by Crippen LogP contribution is -2.39. The molecule has 0 aromatic heterocycles. The summed E-state index contributed by atoms with van der Waals surface area (Å²) in [5.74, 6) is -2.24. The molecule has 2 amide bonds. The number of benzene rings is 1. The van der Waals surface area contributed by atoms with E-state index in [1.165, 1.54) is 6.07 Å². The zero-order chi connectivity index (χ0) is 15.0. The van der Waals surface area contributed by atoms with Crippen molar-refractivity contribution in [3.05, 3.63) is 28.2 Å². The predicted molar refractivity (Wildman–Crippen MR) is 73.1 cm³/mol. The van der Waals surface area contributed by atoms with E-state index in [9.17, 15) is 18.4 Å². The Morgan fingerprint density at radius 2 is 1.95 bits per heavy atom. The molecule has 4 nitrogen and oxygen atoms in total. The van der Waals surface area contributed by atoms with Crippen molar-refractivity contribution in [1.82, 2.24) is 4.90 Å². The Morgan fingerprint density at radius 3 is 2.50 bits per heavy atom. The van der Waals surface area contributed by atoms with Crippen molar-refractivity contribution in [3.63, 3.8) is 0 Å². The van der Waals surface area contributed by atoms with Crippen molar-refractivity contribution in [3.8, 4) is 0 Å². The lowest BCUT2D eigenvalue weighted by atomic mass is 10.2. The van der Waals surface area contributed by atoms with Crippen molar-refractivity contribution in [2.75, 3.05) is 5.32 Å². The molecule has 1 aromatic rings. The SMILES string of the molecule is CC(C)N1C(=O)CC(Nc2cc(Br)c(F)cc2F)C1=O. The number of anilines is 1. The maximum Gasteiger partial charge on any atom is 0.252 e.